The molecule has 0 unspecified atom stereocenters. The van der Waals surface area contributed by atoms with Crippen LogP contribution in [-0.4, -0.2) is 15.7 Å². The van der Waals surface area contributed by atoms with E-state index in [1.54, 1.807) is 12.4 Å². The second kappa shape index (κ2) is 2.83. The summed E-state index contributed by atoms with van der Waals surface area (Å²) < 4.78 is 13.5. The van der Waals surface area contributed by atoms with Crippen molar-refractivity contribution in [2.24, 2.45) is 0 Å². The molecule has 4 heteroatoms. The van der Waals surface area contributed by atoms with E-state index in [1.165, 1.54) is 0 Å². The maximum Gasteiger partial charge on any atom is 0.187 e. The molecule has 0 aliphatic rings. The lowest BCUT2D eigenvalue weighted by Crippen LogP contribution is -2.33. The standard InChI is InChI=1S/C5H12N2OS/c1-5(2)9(3,8)7-4-6/h5,9H,1-3H3,(H,7,8). The van der Waals surface area contributed by atoms with Crippen molar-refractivity contribution in [3.05, 3.63) is 0 Å². The third-order valence-electron chi connectivity index (χ3n) is 1.26. The summed E-state index contributed by atoms with van der Waals surface area (Å²) in [6.45, 7) is 3.65. The van der Waals surface area contributed by atoms with Crippen LogP contribution in [0.25, 0.3) is 0 Å². The maximum atomic E-state index is 11.2. The van der Waals surface area contributed by atoms with Gasteiger partial charge in [-0.05, 0) is 10.1 Å². The van der Waals surface area contributed by atoms with Crippen LogP contribution in [0, 0.1) is 11.5 Å². The summed E-state index contributed by atoms with van der Waals surface area (Å²) in [5.74, 6) is 0. The monoisotopic (exact) mass is 148 g/mol. The first-order chi connectivity index (χ1) is 4.00. The summed E-state index contributed by atoms with van der Waals surface area (Å²) in [6, 6.07) is 0. The normalized spacial score (nSPS) is 12.8. The predicted octanol–water partition coefficient (Wildman–Crippen LogP) is 0.0270. The van der Waals surface area contributed by atoms with Crippen molar-refractivity contribution in [2.45, 2.75) is 19.1 Å². The van der Waals surface area contributed by atoms with Crippen LogP contribution in [0.1, 0.15) is 13.8 Å². The highest BCUT2D eigenvalue weighted by Crippen LogP contribution is 2.01. The van der Waals surface area contributed by atoms with Gasteiger partial charge in [0.1, 0.15) is 0 Å². The summed E-state index contributed by atoms with van der Waals surface area (Å²) in [5.41, 5.74) is 0. The molecule has 9 heavy (non-hydrogen) atoms. The molecule has 0 aromatic carbocycles. The fourth-order valence-corrected chi connectivity index (χ4v) is 0.685. The molecule has 0 rings (SSSR count). The van der Waals surface area contributed by atoms with E-state index in [2.05, 4.69) is 4.72 Å². The van der Waals surface area contributed by atoms with Gasteiger partial charge in [-0.3, -0.25) is 8.93 Å². The SMILES string of the molecule is CC(C)[SH](C)(=O)NC#N. The largest absolute Gasteiger partial charge is 0.266 e. The minimum absolute atomic E-state index is 0.0390. The Kier molecular flexibility index (Phi) is 2.65. The van der Waals surface area contributed by atoms with Crippen LogP contribution >= 0.6 is 0 Å². The van der Waals surface area contributed by atoms with E-state index in [1.807, 2.05) is 13.8 Å². The van der Waals surface area contributed by atoms with E-state index in [4.69, 9.17) is 5.26 Å². The van der Waals surface area contributed by atoms with E-state index < -0.39 is 10.1 Å². The van der Waals surface area contributed by atoms with Gasteiger partial charge in [-0.2, -0.15) is 5.26 Å². The quantitative estimate of drug-likeness (QED) is 0.330. The zero-order chi connectivity index (χ0) is 7.49. The van der Waals surface area contributed by atoms with Crippen LogP contribution in [0.3, 0.4) is 0 Å². The first-order valence-electron chi connectivity index (χ1n) is 2.74. The molecule has 54 valence electrons. The average molecular weight is 148 g/mol. The molecule has 0 spiro atoms. The van der Waals surface area contributed by atoms with Gasteiger partial charge < -0.3 is 0 Å². The molecule has 0 heterocycles. The zero-order valence-corrected chi connectivity index (χ0v) is 6.77. The number of hydrogen-bond acceptors (Lipinski definition) is 2. The summed E-state index contributed by atoms with van der Waals surface area (Å²) in [4.78, 5) is 0. The first-order valence-corrected chi connectivity index (χ1v) is 4.96. The van der Waals surface area contributed by atoms with Gasteiger partial charge in [0.2, 0.25) is 0 Å². The molecular weight excluding hydrogens is 136 g/mol. The van der Waals surface area contributed by atoms with Crippen LogP contribution in [0.2, 0.25) is 0 Å². The lowest BCUT2D eigenvalue weighted by atomic mass is 10.6. The highest BCUT2D eigenvalue weighted by molar-refractivity contribution is 8.01. The summed E-state index contributed by atoms with van der Waals surface area (Å²) >= 11 is 0. The Hall–Kier alpha value is -0.560. The Labute approximate surface area is 56.6 Å². The molecule has 0 aliphatic heterocycles. The van der Waals surface area contributed by atoms with Crippen LogP contribution in [0.5, 0.6) is 0 Å². The molecule has 0 radical (unpaired) electrons. The van der Waals surface area contributed by atoms with Gasteiger partial charge in [0.05, 0.1) is 0 Å². The Morgan fingerprint density at radius 1 is 1.67 bits per heavy atom. The van der Waals surface area contributed by atoms with E-state index in [9.17, 15) is 4.21 Å². The van der Waals surface area contributed by atoms with Crippen molar-refractivity contribution in [3.63, 3.8) is 0 Å². The third kappa shape index (κ3) is 2.47. The number of hydrogen-bond donors (Lipinski definition) is 2. The minimum Gasteiger partial charge on any atom is -0.266 e. The van der Waals surface area contributed by atoms with Gasteiger partial charge >= 0.3 is 0 Å². The summed E-state index contributed by atoms with van der Waals surface area (Å²) in [7, 11) is -2.38. The molecule has 0 amide bonds. The van der Waals surface area contributed by atoms with Gasteiger partial charge in [-0.15, -0.1) is 0 Å². The number of rotatable bonds is 2. The van der Waals surface area contributed by atoms with Gasteiger partial charge in [0, 0.05) is 11.5 Å². The van der Waals surface area contributed by atoms with Gasteiger partial charge in [-0.1, -0.05) is 13.8 Å². The smallest absolute Gasteiger partial charge is 0.187 e. The Bertz CT molecular complexity index is 170. The fraction of sp³-hybridized carbons (Fsp3) is 0.800. The van der Waals surface area contributed by atoms with Crippen molar-refractivity contribution in [1.29, 1.82) is 5.26 Å². The Morgan fingerprint density at radius 2 is 2.11 bits per heavy atom. The lowest BCUT2D eigenvalue weighted by Gasteiger charge is -2.20. The molecule has 0 aromatic rings. The Balaban J connectivity index is 4.07. The van der Waals surface area contributed by atoms with Crippen molar-refractivity contribution >= 4 is 10.1 Å². The van der Waals surface area contributed by atoms with Crippen molar-refractivity contribution in [3.8, 4) is 6.19 Å². The molecule has 0 fully saturated rings. The summed E-state index contributed by atoms with van der Waals surface area (Å²) in [6.07, 6.45) is 3.25. The van der Waals surface area contributed by atoms with Crippen molar-refractivity contribution < 1.29 is 4.21 Å². The molecule has 0 atom stereocenters. The van der Waals surface area contributed by atoms with Gasteiger partial charge in [0.25, 0.3) is 0 Å². The second-order valence-corrected chi connectivity index (χ2v) is 5.54. The zero-order valence-electron chi connectivity index (χ0n) is 5.88. The van der Waals surface area contributed by atoms with Crippen molar-refractivity contribution in [2.75, 3.05) is 6.26 Å². The van der Waals surface area contributed by atoms with Crippen molar-refractivity contribution in [1.82, 2.24) is 4.72 Å². The van der Waals surface area contributed by atoms with Gasteiger partial charge in [0.15, 0.2) is 6.19 Å². The second-order valence-electron chi connectivity index (χ2n) is 2.31. The topological polar surface area (TPSA) is 52.9 Å². The van der Waals surface area contributed by atoms with Crippen LogP contribution in [-0.2, 0) is 10.1 Å². The first kappa shape index (κ1) is 8.44. The number of nitrogens with zero attached hydrogens (tertiary/aromatic N) is 1. The third-order valence-corrected chi connectivity index (χ3v) is 3.77. The van der Waals surface area contributed by atoms with Crippen LogP contribution in [0.4, 0.5) is 0 Å². The number of nitrogens with one attached hydrogen (secondary N) is 1. The molecule has 0 aromatic heterocycles. The highest BCUT2D eigenvalue weighted by Gasteiger charge is 2.10. The molecular formula is C5H12N2OS. The minimum atomic E-state index is -2.38. The van der Waals surface area contributed by atoms with E-state index in [0.717, 1.165) is 0 Å². The van der Waals surface area contributed by atoms with Crippen LogP contribution < -0.4 is 4.72 Å². The van der Waals surface area contributed by atoms with E-state index in [0.29, 0.717) is 0 Å². The predicted molar refractivity (Wildman–Crippen MR) is 39.3 cm³/mol. The average Bonchev–Trinajstić information content (AvgIpc) is 1.65. The molecule has 1 N–H and O–H groups in total. The molecule has 0 saturated heterocycles. The maximum absolute atomic E-state index is 11.2. The summed E-state index contributed by atoms with van der Waals surface area (Å²) in [5, 5.41) is 8.16. The van der Waals surface area contributed by atoms with Gasteiger partial charge in [-0.25, -0.2) is 0 Å². The molecule has 0 aliphatic carbocycles. The number of thiol groups is 1. The molecule has 0 bridgehead atoms. The lowest BCUT2D eigenvalue weighted by molar-refractivity contribution is 0.663. The molecule has 0 saturated carbocycles. The van der Waals surface area contributed by atoms with E-state index >= 15 is 0 Å². The van der Waals surface area contributed by atoms with Crippen LogP contribution in [0.15, 0.2) is 0 Å². The van der Waals surface area contributed by atoms with E-state index in [-0.39, 0.29) is 5.25 Å². The Morgan fingerprint density at radius 3 is 2.22 bits per heavy atom. The highest BCUT2D eigenvalue weighted by atomic mass is 32.3. The number of nitriles is 1. The molecule has 3 nitrogen and oxygen atoms in total. The fourth-order valence-electron chi connectivity index (χ4n) is 0.228.